The van der Waals surface area contributed by atoms with Crippen LogP contribution in [0.25, 0.3) is 0 Å². The van der Waals surface area contributed by atoms with Gasteiger partial charge in [0, 0.05) is 0 Å². The molecule has 1 rings (SSSR count). The molecule has 0 saturated heterocycles. The largest absolute Gasteiger partial charge is 0.0780 e. The molecule has 0 aromatic rings. The zero-order valence-electron chi connectivity index (χ0n) is 7.23. The maximum atomic E-state index is 3.29. The lowest BCUT2D eigenvalue weighted by molar-refractivity contribution is 0.928. The van der Waals surface area contributed by atoms with Gasteiger partial charge in [-0.1, -0.05) is 43.9 Å². The van der Waals surface area contributed by atoms with E-state index in [2.05, 4.69) is 44.8 Å². The van der Waals surface area contributed by atoms with Crippen LogP contribution in [0.1, 0.15) is 6.92 Å². The number of allylic oxidation sites excluding steroid dienone is 4. The average molecular weight is 151 g/mol. The lowest BCUT2D eigenvalue weighted by Gasteiger charge is -2.15. The summed E-state index contributed by atoms with van der Waals surface area (Å²) in [6, 6.07) is 0. The molecular formula is C9H15Si. The Kier molecular flexibility index (Phi) is 1.86. The van der Waals surface area contributed by atoms with E-state index in [-0.39, 0.29) is 0 Å². The third-order valence-corrected chi connectivity index (χ3v) is 3.84. The topological polar surface area (TPSA) is 0 Å². The normalized spacial score (nSPS) is 25.2. The third-order valence-electron chi connectivity index (χ3n) is 1.80. The Labute approximate surface area is 64.7 Å². The smallest absolute Gasteiger partial charge is 0.0772 e. The third kappa shape index (κ3) is 1.60. The van der Waals surface area contributed by atoms with E-state index in [1.165, 1.54) is 0 Å². The van der Waals surface area contributed by atoms with Crippen molar-refractivity contribution >= 4 is 8.07 Å². The minimum absolute atomic E-state index is 0.557. The van der Waals surface area contributed by atoms with Crippen molar-refractivity contribution in [2.75, 3.05) is 0 Å². The Morgan fingerprint density at radius 1 is 1.40 bits per heavy atom. The summed E-state index contributed by atoms with van der Waals surface area (Å²) in [7, 11) is -1.02. The van der Waals surface area contributed by atoms with Crippen molar-refractivity contribution < 1.29 is 0 Å². The van der Waals surface area contributed by atoms with Gasteiger partial charge in [-0.05, 0) is 12.0 Å². The zero-order valence-corrected chi connectivity index (χ0v) is 8.23. The van der Waals surface area contributed by atoms with Crippen molar-refractivity contribution in [2.45, 2.75) is 26.6 Å². The minimum atomic E-state index is -1.02. The minimum Gasteiger partial charge on any atom is -0.0780 e. The second kappa shape index (κ2) is 2.39. The second-order valence-electron chi connectivity index (χ2n) is 3.97. The summed E-state index contributed by atoms with van der Waals surface area (Å²) < 4.78 is 0. The first-order valence-electron chi connectivity index (χ1n) is 3.82. The first kappa shape index (κ1) is 7.80. The predicted octanol–water partition coefficient (Wildman–Crippen LogP) is 2.80. The maximum absolute atomic E-state index is 3.29. The van der Waals surface area contributed by atoms with Gasteiger partial charge >= 0.3 is 0 Å². The van der Waals surface area contributed by atoms with Crippen molar-refractivity contribution in [3.63, 3.8) is 0 Å². The van der Waals surface area contributed by atoms with E-state index < -0.39 is 8.07 Å². The van der Waals surface area contributed by atoms with Crippen LogP contribution in [-0.2, 0) is 0 Å². The van der Waals surface area contributed by atoms with Gasteiger partial charge in [-0.15, -0.1) is 0 Å². The van der Waals surface area contributed by atoms with Crippen molar-refractivity contribution in [3.05, 3.63) is 23.4 Å². The van der Waals surface area contributed by atoms with Crippen LogP contribution in [0.4, 0.5) is 0 Å². The summed E-state index contributed by atoms with van der Waals surface area (Å²) in [5.74, 6) is 0.557. The Morgan fingerprint density at radius 3 is 2.20 bits per heavy atom. The van der Waals surface area contributed by atoms with E-state index in [1.807, 2.05) is 0 Å². The molecule has 1 aliphatic rings. The average Bonchev–Trinajstić information content (AvgIpc) is 2.11. The molecule has 1 unspecified atom stereocenters. The second-order valence-corrected chi connectivity index (χ2v) is 9.05. The molecule has 0 amide bonds. The number of rotatable bonds is 1. The molecule has 1 aliphatic carbocycles. The van der Waals surface area contributed by atoms with Gasteiger partial charge in [0.1, 0.15) is 0 Å². The van der Waals surface area contributed by atoms with E-state index >= 15 is 0 Å². The molecule has 1 radical (unpaired) electrons. The van der Waals surface area contributed by atoms with Gasteiger partial charge in [-0.25, -0.2) is 0 Å². The maximum Gasteiger partial charge on any atom is 0.0772 e. The lowest BCUT2D eigenvalue weighted by atomic mass is 10.2. The summed E-state index contributed by atoms with van der Waals surface area (Å²) in [6.45, 7) is 9.29. The molecular weight excluding hydrogens is 136 g/mol. The van der Waals surface area contributed by atoms with Gasteiger partial charge in [-0.2, -0.15) is 0 Å². The summed E-state index contributed by atoms with van der Waals surface area (Å²) in [6.07, 6.45) is 7.81. The van der Waals surface area contributed by atoms with Gasteiger partial charge in [-0.3, -0.25) is 0 Å². The molecule has 0 fully saturated rings. The molecule has 55 valence electrons. The van der Waals surface area contributed by atoms with E-state index in [0.717, 1.165) is 0 Å². The van der Waals surface area contributed by atoms with Crippen LogP contribution in [0.5, 0.6) is 0 Å². The van der Waals surface area contributed by atoms with Gasteiger partial charge in [0.25, 0.3) is 0 Å². The molecule has 0 aromatic heterocycles. The molecule has 0 heterocycles. The first-order chi connectivity index (χ1) is 4.50. The fraction of sp³-hybridized carbons (Fsp3) is 0.556. The molecule has 0 saturated carbocycles. The zero-order chi connectivity index (χ0) is 7.78. The fourth-order valence-electron chi connectivity index (χ4n) is 1.05. The lowest BCUT2D eigenvalue weighted by Crippen LogP contribution is -2.21. The standard InChI is InChI=1S/C9H15Si/c1-8-5-6-9(7-8)10(2,3)4/h6-8H,1-4H3. The molecule has 0 aliphatic heterocycles. The van der Waals surface area contributed by atoms with Crippen molar-refractivity contribution in [2.24, 2.45) is 5.92 Å². The molecule has 10 heavy (non-hydrogen) atoms. The van der Waals surface area contributed by atoms with E-state index in [0.29, 0.717) is 5.92 Å². The summed E-state index contributed by atoms with van der Waals surface area (Å²) in [5.41, 5.74) is 0. The van der Waals surface area contributed by atoms with Crippen LogP contribution in [0.3, 0.4) is 0 Å². The summed E-state index contributed by atoms with van der Waals surface area (Å²) in [4.78, 5) is 0. The molecule has 0 N–H and O–H groups in total. The van der Waals surface area contributed by atoms with Crippen LogP contribution in [0.15, 0.2) is 17.3 Å². The summed E-state index contributed by atoms with van der Waals surface area (Å²) in [5, 5.41) is 1.56. The van der Waals surface area contributed by atoms with Crippen molar-refractivity contribution in [1.82, 2.24) is 0 Å². The van der Waals surface area contributed by atoms with E-state index in [1.54, 1.807) is 5.20 Å². The molecule has 0 bridgehead atoms. The highest BCUT2D eigenvalue weighted by atomic mass is 28.3. The Bertz CT molecular complexity index is 181. The molecule has 0 aromatic carbocycles. The Balaban J connectivity index is 2.78. The molecule has 1 atom stereocenters. The van der Waals surface area contributed by atoms with E-state index in [9.17, 15) is 0 Å². The molecule has 1 heteroatoms. The van der Waals surface area contributed by atoms with E-state index in [4.69, 9.17) is 0 Å². The van der Waals surface area contributed by atoms with Crippen molar-refractivity contribution in [3.8, 4) is 0 Å². The van der Waals surface area contributed by atoms with Crippen LogP contribution in [-0.4, -0.2) is 8.07 Å². The van der Waals surface area contributed by atoms with Gasteiger partial charge < -0.3 is 0 Å². The SMILES string of the molecule is CC1[C]=CC([Si](C)(C)C)=C1. The van der Waals surface area contributed by atoms with Gasteiger partial charge in [0.05, 0.1) is 8.07 Å². The number of hydrogen-bond acceptors (Lipinski definition) is 0. The quantitative estimate of drug-likeness (QED) is 0.506. The van der Waals surface area contributed by atoms with Crippen molar-refractivity contribution in [1.29, 1.82) is 0 Å². The first-order valence-corrected chi connectivity index (χ1v) is 7.32. The van der Waals surface area contributed by atoms with Crippen LogP contribution in [0.2, 0.25) is 19.6 Å². The van der Waals surface area contributed by atoms with Crippen LogP contribution >= 0.6 is 0 Å². The van der Waals surface area contributed by atoms with Crippen LogP contribution in [0, 0.1) is 12.0 Å². The Hall–Kier alpha value is -0.303. The highest BCUT2D eigenvalue weighted by Gasteiger charge is 2.20. The van der Waals surface area contributed by atoms with Gasteiger partial charge in [0.2, 0.25) is 0 Å². The van der Waals surface area contributed by atoms with Crippen LogP contribution < -0.4 is 0 Å². The number of hydrogen-bond donors (Lipinski definition) is 0. The van der Waals surface area contributed by atoms with Gasteiger partial charge in [0.15, 0.2) is 0 Å². The fourth-order valence-corrected chi connectivity index (χ4v) is 2.32. The molecule has 0 nitrogen and oxygen atoms in total. The summed E-state index contributed by atoms with van der Waals surface area (Å²) >= 11 is 0. The predicted molar refractivity (Wildman–Crippen MR) is 48.4 cm³/mol. The molecule has 0 spiro atoms. The Morgan fingerprint density at radius 2 is 2.00 bits per heavy atom. The highest BCUT2D eigenvalue weighted by Crippen LogP contribution is 2.23. The highest BCUT2D eigenvalue weighted by molar-refractivity contribution is 6.83. The monoisotopic (exact) mass is 151 g/mol.